The van der Waals surface area contributed by atoms with Gasteiger partial charge in [0.05, 0.1) is 45.6 Å². The second-order valence-electron chi connectivity index (χ2n) is 11.7. The third kappa shape index (κ3) is 5.22. The predicted octanol–water partition coefficient (Wildman–Crippen LogP) is 4.92. The van der Waals surface area contributed by atoms with Crippen LogP contribution in [0.1, 0.15) is 41.4 Å². The average molecular weight is 747 g/mol. The summed E-state index contributed by atoms with van der Waals surface area (Å²) in [6.07, 6.45) is 0. The van der Waals surface area contributed by atoms with E-state index < -0.39 is 23.9 Å². The summed E-state index contributed by atoms with van der Waals surface area (Å²) in [4.78, 5) is 85.3. The summed E-state index contributed by atoms with van der Waals surface area (Å²) >= 11 is 0. The summed E-state index contributed by atoms with van der Waals surface area (Å²) in [7, 11) is 0. The molecule has 8 bridgehead atoms. The Morgan fingerprint density at radius 2 is 0.679 bits per heavy atom. The van der Waals surface area contributed by atoms with Crippen LogP contribution in [0.15, 0.2) is 72.8 Å². The van der Waals surface area contributed by atoms with Crippen LogP contribution in [-0.2, 0) is 16.5 Å². The van der Waals surface area contributed by atoms with E-state index >= 15 is 0 Å². The first-order chi connectivity index (χ1) is 25.0. The molecule has 16 nitrogen and oxygen atoms in total. The minimum absolute atomic E-state index is 0. The molecule has 258 valence electrons. The quantitative estimate of drug-likeness (QED) is 0.174. The number of benzene rings is 4. The first-order valence-electron chi connectivity index (χ1n) is 15.2. The molecule has 4 aromatic carbocycles. The second kappa shape index (κ2) is 11.9. The Morgan fingerprint density at radius 3 is 1.04 bits per heavy atom. The molecule has 0 aliphatic carbocycles. The zero-order valence-corrected chi connectivity index (χ0v) is 27.2. The van der Waals surface area contributed by atoms with Crippen molar-refractivity contribution in [1.82, 2.24) is 39.9 Å². The summed E-state index contributed by atoms with van der Waals surface area (Å²) < 4.78 is 0. The van der Waals surface area contributed by atoms with E-state index in [0.29, 0.717) is 32.8 Å². The molecule has 0 saturated heterocycles. The van der Waals surface area contributed by atoms with Crippen molar-refractivity contribution in [1.29, 1.82) is 0 Å². The Labute approximate surface area is 303 Å². The summed E-state index contributed by atoms with van der Waals surface area (Å²) in [6, 6.07) is 17.2. The molecule has 0 spiro atoms. The van der Waals surface area contributed by atoms with Crippen molar-refractivity contribution in [3.05, 3.63) is 95.1 Å². The van der Waals surface area contributed by atoms with Gasteiger partial charge >= 0.3 is 40.4 Å². The number of aromatic nitrogens is 8. The van der Waals surface area contributed by atoms with Crippen LogP contribution in [0.5, 0.6) is 0 Å². The van der Waals surface area contributed by atoms with E-state index in [1.165, 1.54) is 60.7 Å². The zero-order valence-electron chi connectivity index (χ0n) is 26.2. The molecule has 7 aromatic rings. The van der Waals surface area contributed by atoms with E-state index in [9.17, 15) is 39.6 Å². The SMILES string of the molecule is O=C(O)c1ccc2c(c1)-c1nc-2nc2[n-]c(nc3nc(nc4[n-]c(n1)c1ccc(C(=O)O)cc41)-c1cc(C(=O)O)ccc1-3)c1cc(C(=O)O)ccc21.[Ni+2]. The molecule has 3 aromatic heterocycles. The van der Waals surface area contributed by atoms with Gasteiger partial charge < -0.3 is 50.3 Å². The molecule has 0 atom stereocenters. The third-order valence-electron chi connectivity index (χ3n) is 8.69. The molecule has 0 radical (unpaired) electrons. The van der Waals surface area contributed by atoms with Gasteiger partial charge in [0, 0.05) is 44.8 Å². The smallest absolute Gasteiger partial charge is 0.478 e. The second-order valence-corrected chi connectivity index (χ2v) is 11.7. The van der Waals surface area contributed by atoms with Gasteiger partial charge in [-0.2, -0.15) is 0 Å². The largest absolute Gasteiger partial charge is 2.00 e. The van der Waals surface area contributed by atoms with Crippen LogP contribution < -0.4 is 9.97 Å². The molecular formula is C36H16N8NiO8. The van der Waals surface area contributed by atoms with Gasteiger partial charge in [-0.05, 0) is 70.1 Å². The van der Waals surface area contributed by atoms with Crippen LogP contribution in [0.4, 0.5) is 0 Å². The van der Waals surface area contributed by atoms with Crippen LogP contribution in [0.2, 0.25) is 0 Å². The topological polar surface area (TPSA) is 255 Å². The first kappa shape index (κ1) is 32.8. The van der Waals surface area contributed by atoms with Crippen molar-refractivity contribution < 1.29 is 56.1 Å². The fourth-order valence-electron chi connectivity index (χ4n) is 6.20. The minimum atomic E-state index is -1.20. The number of aromatic carboxylic acids is 4. The van der Waals surface area contributed by atoms with Crippen LogP contribution in [0.3, 0.4) is 0 Å². The maximum atomic E-state index is 12.0. The van der Waals surface area contributed by atoms with Crippen molar-refractivity contribution in [2.45, 2.75) is 0 Å². The Kier molecular flexibility index (Phi) is 7.33. The molecule has 2 aliphatic heterocycles. The Morgan fingerprint density at radius 1 is 0.377 bits per heavy atom. The number of hydrogen-bond acceptors (Lipinski definition) is 10. The monoisotopic (exact) mass is 746 g/mol. The van der Waals surface area contributed by atoms with Crippen LogP contribution in [0, 0.1) is 0 Å². The van der Waals surface area contributed by atoms with Crippen molar-refractivity contribution >= 4 is 68.0 Å². The van der Waals surface area contributed by atoms with Crippen molar-refractivity contribution in [3.8, 4) is 45.6 Å². The number of nitrogens with zero attached hydrogens (tertiary/aromatic N) is 8. The zero-order chi connectivity index (χ0) is 36.0. The van der Waals surface area contributed by atoms with E-state index in [0.717, 1.165) is 0 Å². The molecule has 17 heteroatoms. The van der Waals surface area contributed by atoms with Gasteiger partial charge in [-0.25, -0.2) is 29.1 Å². The maximum Gasteiger partial charge on any atom is 2.00 e. The average Bonchev–Trinajstić information content (AvgIpc) is 3.85. The minimum Gasteiger partial charge on any atom is -0.478 e. The van der Waals surface area contributed by atoms with Crippen LogP contribution in [0.25, 0.3) is 89.7 Å². The Hall–Kier alpha value is -7.39. The van der Waals surface area contributed by atoms with E-state index in [1.54, 1.807) is 12.1 Å². The van der Waals surface area contributed by atoms with Crippen molar-refractivity contribution in [3.63, 3.8) is 0 Å². The molecule has 0 unspecified atom stereocenters. The molecule has 4 N–H and O–H groups in total. The fourth-order valence-corrected chi connectivity index (χ4v) is 6.20. The number of carboxylic acid groups (broad SMARTS) is 4. The third-order valence-corrected chi connectivity index (χ3v) is 8.69. The summed E-state index contributed by atoms with van der Waals surface area (Å²) in [5.74, 6) is -4.51. The van der Waals surface area contributed by atoms with Gasteiger partial charge in [0.15, 0.2) is 0 Å². The molecule has 5 heterocycles. The van der Waals surface area contributed by atoms with Crippen LogP contribution >= 0.6 is 0 Å². The van der Waals surface area contributed by atoms with Gasteiger partial charge in [0.25, 0.3) is 0 Å². The summed E-state index contributed by atoms with van der Waals surface area (Å²) in [5.41, 5.74) is 1.49. The first-order valence-corrected chi connectivity index (χ1v) is 15.2. The molecular weight excluding hydrogens is 731 g/mol. The van der Waals surface area contributed by atoms with E-state index in [2.05, 4.69) is 24.9 Å². The van der Waals surface area contributed by atoms with E-state index in [-0.39, 0.29) is 95.6 Å². The molecule has 53 heavy (non-hydrogen) atoms. The number of carboxylic acids is 4. The van der Waals surface area contributed by atoms with E-state index in [4.69, 9.17) is 15.0 Å². The van der Waals surface area contributed by atoms with Crippen molar-refractivity contribution in [2.75, 3.05) is 0 Å². The summed E-state index contributed by atoms with van der Waals surface area (Å²) in [5, 5.41) is 40.5. The Bertz CT molecular complexity index is 3010. The van der Waals surface area contributed by atoms with E-state index in [1.807, 2.05) is 0 Å². The van der Waals surface area contributed by atoms with Gasteiger partial charge in [-0.3, -0.25) is 0 Å². The molecule has 0 amide bonds. The fraction of sp³-hybridized carbons (Fsp3) is 0. The predicted molar refractivity (Wildman–Crippen MR) is 182 cm³/mol. The molecule has 0 saturated carbocycles. The standard InChI is InChI=1S/C36H18N8O8.Ni/c45-33(46)13-1-5-17-21(9-13)29-38-25(17)37-26-18-6-2-14(34(47)48)10-22(18)30(39-26)41-28-20-8-4-16(36(51)52)12-24(20)32(43-28)44-31-23-11-15(35(49)50)3-7-19(23)27(40-29)42-31;/h1-12H,(H6,37,38,39,40,41,42,43,44,45,46,47,48,49,50,51,52);/q;+2/p-2. The number of fused-ring (bicyclic) bond motifs is 20. The summed E-state index contributed by atoms with van der Waals surface area (Å²) in [6.45, 7) is 0. The van der Waals surface area contributed by atoms with Gasteiger partial charge in [-0.15, -0.1) is 0 Å². The number of carbonyl (C=O) groups is 4. The Balaban J connectivity index is 0.00000400. The van der Waals surface area contributed by atoms with Gasteiger partial charge in [-0.1, -0.05) is 24.3 Å². The van der Waals surface area contributed by atoms with Crippen LogP contribution in [-0.4, -0.2) is 74.2 Å². The number of rotatable bonds is 4. The normalized spacial score (nSPS) is 11.5. The number of hydrogen-bond donors (Lipinski definition) is 4. The molecule has 0 fully saturated rings. The van der Waals surface area contributed by atoms with Gasteiger partial charge in [0.1, 0.15) is 0 Å². The van der Waals surface area contributed by atoms with Crippen molar-refractivity contribution in [2.24, 2.45) is 0 Å². The molecule has 2 aliphatic rings. The maximum absolute atomic E-state index is 12.0. The molecule has 9 rings (SSSR count). The van der Waals surface area contributed by atoms with Gasteiger partial charge in [0.2, 0.25) is 0 Å².